The molecule has 0 radical (unpaired) electrons. The summed E-state index contributed by atoms with van der Waals surface area (Å²) in [5, 5.41) is 0. The van der Waals surface area contributed by atoms with E-state index in [1.54, 1.807) is 13.0 Å². The molecule has 1 aromatic carbocycles. The number of hydrogen-bond donors (Lipinski definition) is 1. The molecule has 2 N–H and O–H groups in total. The molecule has 19 heavy (non-hydrogen) atoms. The lowest BCUT2D eigenvalue weighted by atomic mass is 9.76. The number of hydrogen-bond acceptors (Lipinski definition) is 1. The van der Waals surface area contributed by atoms with Crippen molar-refractivity contribution < 1.29 is 13.2 Å². The van der Waals surface area contributed by atoms with Crippen LogP contribution in [-0.4, -0.2) is 0 Å². The van der Waals surface area contributed by atoms with Gasteiger partial charge in [-0.15, -0.1) is 0 Å². The number of alkyl halides is 3. The van der Waals surface area contributed by atoms with Crippen molar-refractivity contribution in [3.05, 3.63) is 34.9 Å². The molecule has 1 aliphatic rings. The van der Waals surface area contributed by atoms with Gasteiger partial charge in [0.25, 0.3) is 0 Å². The molecule has 1 nitrogen and oxygen atoms in total. The molecule has 1 saturated carbocycles. The third-order valence-electron chi connectivity index (χ3n) is 4.43. The first-order valence-corrected chi connectivity index (χ1v) is 6.67. The number of halogens is 3. The Kier molecular flexibility index (Phi) is 3.65. The zero-order valence-corrected chi connectivity index (χ0v) is 11.3. The summed E-state index contributed by atoms with van der Waals surface area (Å²) < 4.78 is 37.9. The Morgan fingerprint density at radius 3 is 2.26 bits per heavy atom. The van der Waals surface area contributed by atoms with Crippen LogP contribution in [0.5, 0.6) is 0 Å². The standard InChI is InChI=1S/C15H20F3N/c1-10-9-11(15(16,17)18)5-6-12(10)13(19)14(2)7-3-4-8-14/h5-6,9,13H,3-4,7-8,19H2,1-2H3. The highest BCUT2D eigenvalue weighted by atomic mass is 19.4. The van der Waals surface area contributed by atoms with E-state index >= 15 is 0 Å². The van der Waals surface area contributed by atoms with Crippen molar-refractivity contribution in [2.75, 3.05) is 0 Å². The SMILES string of the molecule is Cc1cc(C(F)(F)F)ccc1C(N)C1(C)CCCC1. The van der Waals surface area contributed by atoms with Crippen LogP contribution in [0.2, 0.25) is 0 Å². The molecule has 0 bridgehead atoms. The van der Waals surface area contributed by atoms with Crippen molar-refractivity contribution in [2.45, 2.75) is 51.7 Å². The van der Waals surface area contributed by atoms with Gasteiger partial charge in [-0.2, -0.15) is 13.2 Å². The molecule has 0 aromatic heterocycles. The van der Waals surface area contributed by atoms with Crippen molar-refractivity contribution in [3.63, 3.8) is 0 Å². The number of aryl methyl sites for hydroxylation is 1. The van der Waals surface area contributed by atoms with E-state index in [1.165, 1.54) is 6.07 Å². The molecule has 4 heteroatoms. The molecule has 2 rings (SSSR count). The van der Waals surface area contributed by atoms with E-state index < -0.39 is 11.7 Å². The average molecular weight is 271 g/mol. The lowest BCUT2D eigenvalue weighted by molar-refractivity contribution is -0.137. The predicted molar refractivity (Wildman–Crippen MR) is 69.7 cm³/mol. The van der Waals surface area contributed by atoms with Gasteiger partial charge >= 0.3 is 6.18 Å². The summed E-state index contributed by atoms with van der Waals surface area (Å²) in [6.45, 7) is 3.85. The van der Waals surface area contributed by atoms with Crippen LogP contribution in [0.25, 0.3) is 0 Å². The van der Waals surface area contributed by atoms with Crippen LogP contribution in [0.15, 0.2) is 18.2 Å². The van der Waals surface area contributed by atoms with E-state index in [4.69, 9.17) is 5.73 Å². The molecule has 1 aromatic rings. The van der Waals surface area contributed by atoms with Crippen LogP contribution in [-0.2, 0) is 6.18 Å². The van der Waals surface area contributed by atoms with Gasteiger partial charge in [0, 0.05) is 6.04 Å². The summed E-state index contributed by atoms with van der Waals surface area (Å²) in [6, 6.07) is 3.71. The Morgan fingerprint density at radius 2 is 1.79 bits per heavy atom. The summed E-state index contributed by atoms with van der Waals surface area (Å²) in [7, 11) is 0. The molecule has 0 aliphatic heterocycles. The molecular weight excluding hydrogens is 251 g/mol. The van der Waals surface area contributed by atoms with Crippen LogP contribution in [0.1, 0.15) is 55.3 Å². The molecule has 1 aliphatic carbocycles. The van der Waals surface area contributed by atoms with Gasteiger partial charge in [-0.1, -0.05) is 25.8 Å². The first kappa shape index (κ1) is 14.4. The van der Waals surface area contributed by atoms with Crippen LogP contribution >= 0.6 is 0 Å². The Morgan fingerprint density at radius 1 is 1.21 bits per heavy atom. The Bertz CT molecular complexity index is 459. The zero-order chi connectivity index (χ0) is 14.3. The predicted octanol–water partition coefficient (Wildman–Crippen LogP) is 4.59. The minimum atomic E-state index is -4.29. The van der Waals surface area contributed by atoms with Gasteiger partial charge in [-0.25, -0.2) is 0 Å². The van der Waals surface area contributed by atoms with Gasteiger partial charge in [0.05, 0.1) is 5.56 Å². The molecule has 1 fully saturated rings. The van der Waals surface area contributed by atoms with Crippen molar-refractivity contribution in [2.24, 2.45) is 11.1 Å². The fourth-order valence-electron chi connectivity index (χ4n) is 3.07. The molecule has 0 heterocycles. The third-order valence-corrected chi connectivity index (χ3v) is 4.43. The third kappa shape index (κ3) is 2.78. The van der Waals surface area contributed by atoms with Gasteiger partial charge in [0.15, 0.2) is 0 Å². The van der Waals surface area contributed by atoms with Crippen molar-refractivity contribution in [3.8, 4) is 0 Å². The highest BCUT2D eigenvalue weighted by Gasteiger charge is 2.37. The fraction of sp³-hybridized carbons (Fsp3) is 0.600. The first-order valence-electron chi connectivity index (χ1n) is 6.67. The number of benzene rings is 1. The highest BCUT2D eigenvalue weighted by molar-refractivity contribution is 5.35. The Balaban J connectivity index is 2.31. The summed E-state index contributed by atoms with van der Waals surface area (Å²) in [5.74, 6) is 0. The number of rotatable bonds is 2. The topological polar surface area (TPSA) is 26.0 Å². The summed E-state index contributed by atoms with van der Waals surface area (Å²) in [6.07, 6.45) is 0.127. The Labute approximate surface area is 112 Å². The van der Waals surface area contributed by atoms with Crippen molar-refractivity contribution in [1.29, 1.82) is 0 Å². The highest BCUT2D eigenvalue weighted by Crippen LogP contribution is 2.46. The molecular formula is C15H20F3N. The van der Waals surface area contributed by atoms with Crippen LogP contribution in [0, 0.1) is 12.3 Å². The largest absolute Gasteiger partial charge is 0.416 e. The summed E-state index contributed by atoms with van der Waals surface area (Å²) in [5.41, 5.74) is 7.21. The second kappa shape index (κ2) is 4.82. The Hall–Kier alpha value is -1.03. The minimum Gasteiger partial charge on any atom is -0.323 e. The molecule has 0 amide bonds. The average Bonchev–Trinajstić information content (AvgIpc) is 2.75. The van der Waals surface area contributed by atoms with Crippen molar-refractivity contribution in [1.82, 2.24) is 0 Å². The second-order valence-corrected chi connectivity index (χ2v) is 5.91. The van der Waals surface area contributed by atoms with E-state index in [2.05, 4.69) is 6.92 Å². The van der Waals surface area contributed by atoms with E-state index in [0.717, 1.165) is 37.3 Å². The maximum absolute atomic E-state index is 12.6. The van der Waals surface area contributed by atoms with Gasteiger partial charge in [-0.05, 0) is 48.4 Å². The monoisotopic (exact) mass is 271 g/mol. The number of nitrogens with two attached hydrogens (primary N) is 1. The van der Waals surface area contributed by atoms with Crippen LogP contribution < -0.4 is 5.73 Å². The van der Waals surface area contributed by atoms with Gasteiger partial charge in [-0.3, -0.25) is 0 Å². The van der Waals surface area contributed by atoms with Crippen LogP contribution in [0.4, 0.5) is 13.2 Å². The van der Waals surface area contributed by atoms with E-state index in [0.29, 0.717) is 5.56 Å². The maximum Gasteiger partial charge on any atom is 0.416 e. The van der Waals surface area contributed by atoms with Gasteiger partial charge in [0.2, 0.25) is 0 Å². The van der Waals surface area contributed by atoms with E-state index in [9.17, 15) is 13.2 Å². The molecule has 0 saturated heterocycles. The summed E-state index contributed by atoms with van der Waals surface area (Å²) >= 11 is 0. The molecule has 0 spiro atoms. The lowest BCUT2D eigenvalue weighted by Crippen LogP contribution is -2.30. The smallest absolute Gasteiger partial charge is 0.323 e. The molecule has 1 unspecified atom stereocenters. The maximum atomic E-state index is 12.6. The normalized spacial score (nSPS) is 20.5. The van der Waals surface area contributed by atoms with Crippen LogP contribution in [0.3, 0.4) is 0 Å². The van der Waals surface area contributed by atoms with Gasteiger partial charge < -0.3 is 5.73 Å². The van der Waals surface area contributed by atoms with Gasteiger partial charge in [0.1, 0.15) is 0 Å². The molecule has 106 valence electrons. The zero-order valence-electron chi connectivity index (χ0n) is 11.3. The van der Waals surface area contributed by atoms with E-state index in [1.807, 2.05) is 0 Å². The quantitative estimate of drug-likeness (QED) is 0.836. The lowest BCUT2D eigenvalue weighted by Gasteiger charge is -2.32. The van der Waals surface area contributed by atoms with Crippen molar-refractivity contribution >= 4 is 0 Å². The fourth-order valence-corrected chi connectivity index (χ4v) is 3.07. The summed E-state index contributed by atoms with van der Waals surface area (Å²) in [4.78, 5) is 0. The molecule has 1 atom stereocenters. The first-order chi connectivity index (χ1) is 8.74. The second-order valence-electron chi connectivity index (χ2n) is 5.91. The van der Waals surface area contributed by atoms with E-state index in [-0.39, 0.29) is 11.5 Å². The minimum absolute atomic E-state index is 0.0184.